The fraction of sp³-hybridized carbons (Fsp3) is 0.211. The quantitative estimate of drug-likeness (QED) is 0.606. The van der Waals surface area contributed by atoms with Crippen molar-refractivity contribution in [2.24, 2.45) is 0 Å². The normalized spacial score (nSPS) is 13.5. The summed E-state index contributed by atoms with van der Waals surface area (Å²) in [6.07, 6.45) is 1.40. The van der Waals surface area contributed by atoms with E-state index in [-0.39, 0.29) is 17.2 Å². The zero-order chi connectivity index (χ0) is 19.4. The van der Waals surface area contributed by atoms with Gasteiger partial charge in [-0.05, 0) is 48.9 Å². The maximum Gasteiger partial charge on any atom is 0.340 e. The maximum absolute atomic E-state index is 12.0. The smallest absolute Gasteiger partial charge is 0.340 e. The number of nitrogen functional groups attached to an aromatic ring is 1. The molecule has 0 spiro atoms. The van der Waals surface area contributed by atoms with Crippen LogP contribution in [0.1, 0.15) is 23.2 Å². The first-order valence-corrected chi connectivity index (χ1v) is 8.74. The van der Waals surface area contributed by atoms with Gasteiger partial charge in [-0.3, -0.25) is 9.59 Å². The SMILES string of the molecule is Nc1ccc(Cl)cc1C(=O)OCC(=O)Nc1ccc(N2CCCC2=O)cc1. The summed E-state index contributed by atoms with van der Waals surface area (Å²) >= 11 is 5.83. The van der Waals surface area contributed by atoms with E-state index in [0.717, 1.165) is 12.1 Å². The summed E-state index contributed by atoms with van der Waals surface area (Å²) in [6.45, 7) is 0.240. The molecule has 1 fully saturated rings. The van der Waals surface area contributed by atoms with Gasteiger partial charge in [0.25, 0.3) is 5.91 Å². The Morgan fingerprint density at radius 2 is 1.93 bits per heavy atom. The summed E-state index contributed by atoms with van der Waals surface area (Å²) in [4.78, 5) is 37.5. The number of nitrogens with one attached hydrogen (secondary N) is 1. The maximum atomic E-state index is 12.0. The Balaban J connectivity index is 1.54. The second-order valence-corrected chi connectivity index (χ2v) is 6.49. The van der Waals surface area contributed by atoms with Crippen molar-refractivity contribution in [1.82, 2.24) is 0 Å². The topological polar surface area (TPSA) is 102 Å². The van der Waals surface area contributed by atoms with E-state index >= 15 is 0 Å². The van der Waals surface area contributed by atoms with Crippen LogP contribution in [0.15, 0.2) is 42.5 Å². The molecule has 0 atom stereocenters. The summed E-state index contributed by atoms with van der Waals surface area (Å²) in [5.74, 6) is -1.12. The molecule has 0 aliphatic carbocycles. The molecule has 1 saturated heterocycles. The number of ether oxygens (including phenoxy) is 1. The lowest BCUT2D eigenvalue weighted by Gasteiger charge is -2.16. The van der Waals surface area contributed by atoms with Gasteiger partial charge in [-0.15, -0.1) is 0 Å². The minimum Gasteiger partial charge on any atom is -0.452 e. The molecule has 1 aliphatic heterocycles. The van der Waals surface area contributed by atoms with Crippen LogP contribution in [0.25, 0.3) is 0 Å². The van der Waals surface area contributed by atoms with Crippen LogP contribution >= 0.6 is 11.6 Å². The van der Waals surface area contributed by atoms with Crippen molar-refractivity contribution in [1.29, 1.82) is 0 Å². The van der Waals surface area contributed by atoms with Gasteiger partial charge in [0.2, 0.25) is 5.91 Å². The predicted molar refractivity (Wildman–Crippen MR) is 103 cm³/mol. The lowest BCUT2D eigenvalue weighted by atomic mass is 10.2. The number of benzene rings is 2. The number of nitrogens with two attached hydrogens (primary N) is 1. The van der Waals surface area contributed by atoms with Gasteiger partial charge in [-0.1, -0.05) is 11.6 Å². The Hall–Kier alpha value is -3.06. The van der Waals surface area contributed by atoms with Gasteiger partial charge >= 0.3 is 5.97 Å². The molecule has 27 heavy (non-hydrogen) atoms. The molecule has 0 unspecified atom stereocenters. The molecule has 0 radical (unpaired) electrons. The summed E-state index contributed by atoms with van der Waals surface area (Å²) in [7, 11) is 0. The van der Waals surface area contributed by atoms with E-state index in [1.54, 1.807) is 35.2 Å². The molecule has 3 N–H and O–H groups in total. The van der Waals surface area contributed by atoms with Crippen molar-refractivity contribution in [2.45, 2.75) is 12.8 Å². The number of carbonyl (C=O) groups is 3. The Morgan fingerprint density at radius 3 is 2.59 bits per heavy atom. The highest BCUT2D eigenvalue weighted by molar-refractivity contribution is 6.31. The fourth-order valence-corrected chi connectivity index (χ4v) is 2.93. The van der Waals surface area contributed by atoms with Crippen molar-refractivity contribution < 1.29 is 19.1 Å². The van der Waals surface area contributed by atoms with Gasteiger partial charge in [-0.2, -0.15) is 0 Å². The summed E-state index contributed by atoms with van der Waals surface area (Å²) in [6, 6.07) is 11.3. The van der Waals surface area contributed by atoms with E-state index in [4.69, 9.17) is 22.1 Å². The molecule has 140 valence electrons. The Labute approximate surface area is 161 Å². The number of nitrogens with zero attached hydrogens (tertiary/aromatic N) is 1. The van der Waals surface area contributed by atoms with Crippen molar-refractivity contribution in [3.8, 4) is 0 Å². The van der Waals surface area contributed by atoms with Gasteiger partial charge < -0.3 is 20.7 Å². The first-order chi connectivity index (χ1) is 12.9. The second kappa shape index (κ2) is 8.09. The molecule has 1 aliphatic rings. The predicted octanol–water partition coefficient (Wildman–Crippen LogP) is 2.84. The molecule has 2 amide bonds. The van der Waals surface area contributed by atoms with Crippen LogP contribution in [0.4, 0.5) is 17.1 Å². The highest BCUT2D eigenvalue weighted by Gasteiger charge is 2.21. The molecular weight excluding hydrogens is 370 g/mol. The number of hydrogen-bond donors (Lipinski definition) is 2. The Kier molecular flexibility index (Phi) is 5.61. The van der Waals surface area contributed by atoms with Gasteiger partial charge in [0.15, 0.2) is 6.61 Å². The number of halogens is 1. The molecule has 2 aromatic rings. The van der Waals surface area contributed by atoms with E-state index in [9.17, 15) is 14.4 Å². The zero-order valence-electron chi connectivity index (χ0n) is 14.4. The fourth-order valence-electron chi connectivity index (χ4n) is 2.76. The van der Waals surface area contributed by atoms with E-state index in [1.165, 1.54) is 12.1 Å². The highest BCUT2D eigenvalue weighted by atomic mass is 35.5. The standard InChI is InChI=1S/C19H18ClN3O4/c20-12-3-8-16(21)15(10-12)19(26)27-11-17(24)22-13-4-6-14(7-5-13)23-9-1-2-18(23)25/h3-8,10H,1-2,9,11,21H2,(H,22,24). The molecule has 7 nitrogen and oxygen atoms in total. The molecule has 1 heterocycles. The number of anilines is 3. The monoisotopic (exact) mass is 387 g/mol. The van der Waals surface area contributed by atoms with Gasteiger partial charge in [0.1, 0.15) is 0 Å². The minimum absolute atomic E-state index is 0.0963. The molecule has 0 saturated carbocycles. The first-order valence-electron chi connectivity index (χ1n) is 8.36. The summed E-state index contributed by atoms with van der Waals surface area (Å²) < 4.78 is 4.97. The average Bonchev–Trinajstić information content (AvgIpc) is 3.08. The molecule has 2 aromatic carbocycles. The van der Waals surface area contributed by atoms with E-state index < -0.39 is 18.5 Å². The highest BCUT2D eigenvalue weighted by Crippen LogP contribution is 2.23. The van der Waals surface area contributed by atoms with Gasteiger partial charge in [0, 0.05) is 35.1 Å². The van der Waals surface area contributed by atoms with Crippen LogP contribution in [0.5, 0.6) is 0 Å². The third-order valence-corrected chi connectivity index (χ3v) is 4.34. The van der Waals surface area contributed by atoms with E-state index in [2.05, 4.69) is 5.32 Å². The van der Waals surface area contributed by atoms with Crippen LogP contribution in [0, 0.1) is 0 Å². The van der Waals surface area contributed by atoms with E-state index in [1.807, 2.05) is 0 Å². The molecule has 0 bridgehead atoms. The Bertz CT molecular complexity index is 883. The summed E-state index contributed by atoms with van der Waals surface area (Å²) in [5.41, 5.74) is 7.36. The first kappa shape index (κ1) is 18.7. The van der Waals surface area contributed by atoms with Crippen LogP contribution in [-0.4, -0.2) is 30.9 Å². The van der Waals surface area contributed by atoms with Crippen molar-refractivity contribution >= 4 is 46.4 Å². The van der Waals surface area contributed by atoms with Gasteiger partial charge in [-0.25, -0.2) is 4.79 Å². The lowest BCUT2D eigenvalue weighted by Crippen LogP contribution is -2.24. The van der Waals surface area contributed by atoms with Crippen LogP contribution in [-0.2, 0) is 14.3 Å². The van der Waals surface area contributed by atoms with E-state index in [0.29, 0.717) is 23.7 Å². The van der Waals surface area contributed by atoms with Crippen LogP contribution < -0.4 is 16.0 Å². The lowest BCUT2D eigenvalue weighted by molar-refractivity contribution is -0.119. The third kappa shape index (κ3) is 4.57. The van der Waals surface area contributed by atoms with Gasteiger partial charge in [0.05, 0.1) is 5.56 Å². The second-order valence-electron chi connectivity index (χ2n) is 6.05. The van der Waals surface area contributed by atoms with Crippen molar-refractivity contribution in [3.05, 3.63) is 53.1 Å². The number of hydrogen-bond acceptors (Lipinski definition) is 5. The molecule has 3 rings (SSSR count). The largest absolute Gasteiger partial charge is 0.452 e. The molecular formula is C19H18ClN3O4. The van der Waals surface area contributed by atoms with Crippen LogP contribution in [0.3, 0.4) is 0 Å². The van der Waals surface area contributed by atoms with Crippen molar-refractivity contribution in [2.75, 3.05) is 29.1 Å². The number of rotatable bonds is 5. The van der Waals surface area contributed by atoms with Crippen LogP contribution in [0.2, 0.25) is 5.02 Å². The average molecular weight is 388 g/mol. The number of carbonyl (C=O) groups excluding carboxylic acids is 3. The minimum atomic E-state index is -0.729. The molecule has 0 aromatic heterocycles. The zero-order valence-corrected chi connectivity index (χ0v) is 15.2. The Morgan fingerprint density at radius 1 is 1.19 bits per heavy atom. The third-order valence-electron chi connectivity index (χ3n) is 4.11. The summed E-state index contributed by atoms with van der Waals surface area (Å²) in [5, 5.41) is 2.97. The van der Waals surface area contributed by atoms with Crippen molar-refractivity contribution in [3.63, 3.8) is 0 Å². The number of esters is 1. The molecule has 8 heteroatoms. The number of amides is 2.